The summed E-state index contributed by atoms with van der Waals surface area (Å²) in [7, 11) is -3.60. The van der Waals surface area contributed by atoms with Crippen molar-refractivity contribution in [1.29, 1.82) is 0 Å². The predicted molar refractivity (Wildman–Crippen MR) is 86.2 cm³/mol. The molecule has 0 spiro atoms. The van der Waals surface area contributed by atoms with Crippen LogP contribution in [0.5, 0.6) is 0 Å². The Morgan fingerprint density at radius 1 is 1.29 bits per heavy atom. The molecule has 0 saturated carbocycles. The number of amides is 1. The molecule has 0 aliphatic rings. The highest BCUT2D eigenvalue weighted by Crippen LogP contribution is 2.24. The second-order valence-electron chi connectivity index (χ2n) is 4.73. The molecule has 21 heavy (non-hydrogen) atoms. The molecule has 0 aliphatic carbocycles. The zero-order chi connectivity index (χ0) is 16.2. The standard InChI is InChI=1S/C14H21ClN2O3S/c1-5-16(6-2)14(18)11(3)17(21(4,19)20)13-9-7-8-12(15)10-13/h7-11H,5-6H2,1-4H3/t11-/m1/s1. The molecule has 0 aliphatic heterocycles. The quantitative estimate of drug-likeness (QED) is 0.803. The highest BCUT2D eigenvalue weighted by molar-refractivity contribution is 7.92. The minimum absolute atomic E-state index is 0.231. The average molecular weight is 333 g/mol. The van der Waals surface area contributed by atoms with Crippen LogP contribution in [0.1, 0.15) is 20.8 Å². The van der Waals surface area contributed by atoms with Crippen molar-refractivity contribution in [1.82, 2.24) is 4.90 Å². The first-order valence-corrected chi connectivity index (χ1v) is 8.98. The second-order valence-corrected chi connectivity index (χ2v) is 7.02. The van der Waals surface area contributed by atoms with E-state index in [-0.39, 0.29) is 5.91 Å². The number of benzene rings is 1. The maximum Gasteiger partial charge on any atom is 0.246 e. The highest BCUT2D eigenvalue weighted by atomic mass is 35.5. The van der Waals surface area contributed by atoms with E-state index in [4.69, 9.17) is 11.6 Å². The summed E-state index contributed by atoms with van der Waals surface area (Å²) in [6.45, 7) is 6.37. The van der Waals surface area contributed by atoms with E-state index in [1.165, 1.54) is 6.07 Å². The van der Waals surface area contributed by atoms with Crippen LogP contribution < -0.4 is 4.31 Å². The van der Waals surface area contributed by atoms with Crippen molar-refractivity contribution in [3.05, 3.63) is 29.3 Å². The molecule has 0 unspecified atom stereocenters. The molecule has 5 nitrogen and oxygen atoms in total. The number of hydrogen-bond acceptors (Lipinski definition) is 3. The minimum Gasteiger partial charge on any atom is -0.341 e. The second kappa shape index (κ2) is 7.13. The Morgan fingerprint density at radius 3 is 2.29 bits per heavy atom. The van der Waals surface area contributed by atoms with E-state index in [1.807, 2.05) is 13.8 Å². The Morgan fingerprint density at radius 2 is 1.86 bits per heavy atom. The lowest BCUT2D eigenvalue weighted by molar-refractivity contribution is -0.131. The van der Waals surface area contributed by atoms with Gasteiger partial charge < -0.3 is 4.90 Å². The average Bonchev–Trinajstić information content (AvgIpc) is 2.38. The summed E-state index contributed by atoms with van der Waals surface area (Å²) in [5.74, 6) is -0.231. The Balaban J connectivity index is 3.24. The van der Waals surface area contributed by atoms with Gasteiger partial charge in [0, 0.05) is 18.1 Å². The van der Waals surface area contributed by atoms with Crippen LogP contribution in [0.25, 0.3) is 0 Å². The Kier molecular flexibility index (Phi) is 6.04. The summed E-state index contributed by atoms with van der Waals surface area (Å²) in [6.07, 6.45) is 1.08. The van der Waals surface area contributed by atoms with E-state index in [0.29, 0.717) is 23.8 Å². The molecule has 1 rings (SSSR count). The van der Waals surface area contributed by atoms with Gasteiger partial charge in [-0.2, -0.15) is 0 Å². The summed E-state index contributed by atoms with van der Waals surface area (Å²) in [5.41, 5.74) is 0.387. The lowest BCUT2D eigenvalue weighted by atomic mass is 10.2. The molecule has 0 N–H and O–H groups in total. The summed E-state index contributed by atoms with van der Waals surface area (Å²) in [4.78, 5) is 14.0. The number of hydrogen-bond donors (Lipinski definition) is 0. The van der Waals surface area contributed by atoms with Crippen LogP contribution in [-0.2, 0) is 14.8 Å². The van der Waals surface area contributed by atoms with Crippen LogP contribution >= 0.6 is 11.6 Å². The number of rotatable bonds is 6. The van der Waals surface area contributed by atoms with Crippen molar-refractivity contribution in [2.24, 2.45) is 0 Å². The smallest absolute Gasteiger partial charge is 0.246 e. The van der Waals surface area contributed by atoms with Crippen molar-refractivity contribution in [2.75, 3.05) is 23.7 Å². The first kappa shape index (κ1) is 17.8. The first-order valence-electron chi connectivity index (χ1n) is 6.76. The molecule has 0 bridgehead atoms. The largest absolute Gasteiger partial charge is 0.341 e. The lowest BCUT2D eigenvalue weighted by Gasteiger charge is -2.31. The van der Waals surface area contributed by atoms with E-state index < -0.39 is 16.1 Å². The molecule has 0 radical (unpaired) electrons. The number of likely N-dealkylation sites (N-methyl/N-ethyl adjacent to an activating group) is 1. The number of sulfonamides is 1. The van der Waals surface area contributed by atoms with Gasteiger partial charge in [0.25, 0.3) is 0 Å². The van der Waals surface area contributed by atoms with Gasteiger partial charge in [0.05, 0.1) is 11.9 Å². The first-order chi connectivity index (χ1) is 9.72. The van der Waals surface area contributed by atoms with Gasteiger partial charge in [-0.15, -0.1) is 0 Å². The van der Waals surface area contributed by atoms with E-state index in [1.54, 1.807) is 30.0 Å². The van der Waals surface area contributed by atoms with Crippen LogP contribution in [0.4, 0.5) is 5.69 Å². The molecular formula is C14H21ClN2O3S. The SMILES string of the molecule is CCN(CC)C(=O)[C@@H](C)N(c1cccc(Cl)c1)S(C)(=O)=O. The van der Waals surface area contributed by atoms with Crippen molar-refractivity contribution < 1.29 is 13.2 Å². The van der Waals surface area contributed by atoms with Crippen molar-refractivity contribution >= 4 is 33.2 Å². The predicted octanol–water partition coefficient (Wildman–Crippen LogP) is 2.36. The Hall–Kier alpha value is -1.27. The zero-order valence-corrected chi connectivity index (χ0v) is 14.3. The molecule has 0 aromatic heterocycles. The molecule has 1 aromatic carbocycles. The molecule has 0 fully saturated rings. The monoisotopic (exact) mass is 332 g/mol. The van der Waals surface area contributed by atoms with Gasteiger partial charge in [-0.25, -0.2) is 8.42 Å². The van der Waals surface area contributed by atoms with Crippen molar-refractivity contribution in [3.8, 4) is 0 Å². The third-order valence-corrected chi connectivity index (χ3v) is 4.68. The van der Waals surface area contributed by atoms with Crippen molar-refractivity contribution in [3.63, 3.8) is 0 Å². The molecule has 1 aromatic rings. The molecule has 1 atom stereocenters. The minimum atomic E-state index is -3.60. The van der Waals surface area contributed by atoms with E-state index in [2.05, 4.69) is 0 Å². The third kappa shape index (κ3) is 4.35. The molecular weight excluding hydrogens is 312 g/mol. The van der Waals surface area contributed by atoms with Crippen LogP contribution in [0.15, 0.2) is 24.3 Å². The zero-order valence-electron chi connectivity index (χ0n) is 12.7. The molecule has 0 saturated heterocycles. The summed E-state index contributed by atoms with van der Waals surface area (Å²) < 4.78 is 25.3. The van der Waals surface area contributed by atoms with Gasteiger partial charge >= 0.3 is 0 Å². The summed E-state index contributed by atoms with van der Waals surface area (Å²) in [5, 5.41) is 0.420. The van der Waals surface area contributed by atoms with Crippen LogP contribution in [0, 0.1) is 0 Å². The number of carbonyl (C=O) groups is 1. The van der Waals surface area contributed by atoms with E-state index in [0.717, 1.165) is 10.6 Å². The van der Waals surface area contributed by atoms with Crippen LogP contribution in [-0.4, -0.2) is 44.6 Å². The van der Waals surface area contributed by atoms with Gasteiger partial charge in [0.2, 0.25) is 15.9 Å². The number of carbonyl (C=O) groups excluding carboxylic acids is 1. The fraction of sp³-hybridized carbons (Fsp3) is 0.500. The maximum atomic E-state index is 12.4. The Labute approximate surface area is 131 Å². The summed E-state index contributed by atoms with van der Waals surface area (Å²) >= 11 is 5.92. The fourth-order valence-electron chi connectivity index (χ4n) is 2.22. The molecule has 1 amide bonds. The normalized spacial score (nSPS) is 12.8. The molecule has 0 heterocycles. The Bertz CT molecular complexity index is 600. The van der Waals surface area contributed by atoms with E-state index in [9.17, 15) is 13.2 Å². The summed E-state index contributed by atoms with van der Waals surface area (Å²) in [6, 6.07) is 5.65. The molecule has 118 valence electrons. The maximum absolute atomic E-state index is 12.4. The number of anilines is 1. The van der Waals surface area contributed by atoms with Gasteiger partial charge in [0.15, 0.2) is 0 Å². The topological polar surface area (TPSA) is 57.7 Å². The lowest BCUT2D eigenvalue weighted by Crippen LogP contribution is -2.49. The van der Waals surface area contributed by atoms with Crippen LogP contribution in [0.2, 0.25) is 5.02 Å². The fourth-order valence-corrected chi connectivity index (χ4v) is 3.56. The highest BCUT2D eigenvalue weighted by Gasteiger charge is 2.31. The molecule has 7 heteroatoms. The number of nitrogens with zero attached hydrogens (tertiary/aromatic N) is 2. The van der Waals surface area contributed by atoms with Crippen LogP contribution in [0.3, 0.4) is 0 Å². The van der Waals surface area contributed by atoms with Crippen molar-refractivity contribution in [2.45, 2.75) is 26.8 Å². The van der Waals surface area contributed by atoms with Gasteiger partial charge in [0.1, 0.15) is 6.04 Å². The van der Waals surface area contributed by atoms with E-state index >= 15 is 0 Å². The van der Waals surface area contributed by atoms with Gasteiger partial charge in [-0.1, -0.05) is 17.7 Å². The number of halogens is 1. The van der Waals surface area contributed by atoms with Gasteiger partial charge in [-0.3, -0.25) is 9.10 Å². The van der Waals surface area contributed by atoms with Gasteiger partial charge in [-0.05, 0) is 39.0 Å². The third-order valence-electron chi connectivity index (χ3n) is 3.20.